The predicted octanol–water partition coefficient (Wildman–Crippen LogP) is 2.19. The number of carbonyl (C=O) groups excluding carboxylic acids is 2. The maximum absolute atomic E-state index is 11.5. The van der Waals surface area contributed by atoms with Crippen LogP contribution in [0.25, 0.3) is 0 Å². The number of nitrogens with two attached hydrogens (primary N) is 1. The highest BCUT2D eigenvalue weighted by Crippen LogP contribution is 2.30. The molecule has 0 bridgehead atoms. The number of amides is 2. The van der Waals surface area contributed by atoms with Gasteiger partial charge in [0.15, 0.2) is 0 Å². The fraction of sp³-hybridized carbons (Fsp3) is 0.857. The molecule has 0 aromatic heterocycles. The van der Waals surface area contributed by atoms with Crippen LogP contribution >= 0.6 is 0 Å². The van der Waals surface area contributed by atoms with Crippen molar-refractivity contribution in [2.24, 2.45) is 17.6 Å². The van der Waals surface area contributed by atoms with Crippen LogP contribution in [0.2, 0.25) is 0 Å². The first-order valence-electron chi connectivity index (χ1n) is 7.01. The van der Waals surface area contributed by atoms with E-state index in [0.29, 0.717) is 24.8 Å². The first-order valence-corrected chi connectivity index (χ1v) is 7.01. The molecule has 5 heteroatoms. The topological polar surface area (TPSA) is 81.4 Å². The smallest absolute Gasteiger partial charge is 0.407 e. The minimum atomic E-state index is -0.455. The molecule has 1 rings (SSSR count). The van der Waals surface area contributed by atoms with E-state index in [9.17, 15) is 9.59 Å². The summed E-state index contributed by atoms with van der Waals surface area (Å²) in [4.78, 5) is 22.4. The third-order valence-electron chi connectivity index (χ3n) is 3.39. The summed E-state index contributed by atoms with van der Waals surface area (Å²) in [5, 5.41) is 2.81. The zero-order valence-electron chi connectivity index (χ0n) is 12.2. The van der Waals surface area contributed by atoms with Crippen LogP contribution in [-0.4, -0.2) is 24.1 Å². The number of nitrogens with one attached hydrogen (secondary N) is 1. The van der Waals surface area contributed by atoms with Crippen molar-refractivity contribution in [3.05, 3.63) is 0 Å². The second kappa shape index (κ2) is 6.78. The first-order chi connectivity index (χ1) is 8.76. The molecule has 0 aromatic carbocycles. The number of hydrogen-bond acceptors (Lipinski definition) is 3. The van der Waals surface area contributed by atoms with Crippen LogP contribution in [0.4, 0.5) is 4.79 Å². The standard InChI is InChI=1S/C14H26N2O3/c1-14(2,3)19-13(18)16-9-11-6-4-10(5-7-11)8-12(15)17/h10-11H,4-9H2,1-3H3,(H2,15,17)(H,16,18). The molecule has 19 heavy (non-hydrogen) atoms. The van der Waals surface area contributed by atoms with Crippen molar-refractivity contribution in [1.29, 1.82) is 0 Å². The van der Waals surface area contributed by atoms with E-state index in [1.165, 1.54) is 0 Å². The van der Waals surface area contributed by atoms with Gasteiger partial charge in [0.1, 0.15) is 5.60 Å². The van der Waals surface area contributed by atoms with Crippen LogP contribution in [0.15, 0.2) is 0 Å². The molecular formula is C14H26N2O3. The zero-order chi connectivity index (χ0) is 14.5. The van der Waals surface area contributed by atoms with Crippen LogP contribution in [0.3, 0.4) is 0 Å². The summed E-state index contributed by atoms with van der Waals surface area (Å²) >= 11 is 0. The summed E-state index contributed by atoms with van der Waals surface area (Å²) in [6.45, 7) is 6.20. The molecule has 0 heterocycles. The van der Waals surface area contributed by atoms with E-state index < -0.39 is 5.60 Å². The van der Waals surface area contributed by atoms with Gasteiger partial charge in [0.25, 0.3) is 0 Å². The Labute approximate surface area is 115 Å². The van der Waals surface area contributed by atoms with Gasteiger partial charge in [-0.1, -0.05) is 0 Å². The van der Waals surface area contributed by atoms with Crippen molar-refractivity contribution in [3.63, 3.8) is 0 Å². The summed E-state index contributed by atoms with van der Waals surface area (Å²) in [6.07, 6.45) is 4.24. The number of carbonyl (C=O) groups is 2. The predicted molar refractivity (Wildman–Crippen MR) is 73.5 cm³/mol. The van der Waals surface area contributed by atoms with Crippen molar-refractivity contribution in [2.75, 3.05) is 6.54 Å². The Balaban J connectivity index is 2.19. The van der Waals surface area contributed by atoms with Crippen molar-refractivity contribution >= 4 is 12.0 Å². The maximum Gasteiger partial charge on any atom is 0.407 e. The molecule has 2 amide bonds. The third kappa shape index (κ3) is 7.03. The minimum Gasteiger partial charge on any atom is -0.444 e. The Morgan fingerprint density at radius 2 is 1.68 bits per heavy atom. The highest BCUT2D eigenvalue weighted by molar-refractivity contribution is 5.74. The molecule has 1 fully saturated rings. The summed E-state index contributed by atoms with van der Waals surface area (Å²) in [5.41, 5.74) is 4.75. The Bertz CT molecular complexity index is 315. The Morgan fingerprint density at radius 1 is 1.16 bits per heavy atom. The van der Waals surface area contributed by atoms with Gasteiger partial charge in [-0.3, -0.25) is 4.79 Å². The van der Waals surface area contributed by atoms with Crippen LogP contribution in [0.5, 0.6) is 0 Å². The summed E-state index contributed by atoms with van der Waals surface area (Å²) in [7, 11) is 0. The van der Waals surface area contributed by atoms with E-state index in [4.69, 9.17) is 10.5 Å². The van der Waals surface area contributed by atoms with Crippen LogP contribution < -0.4 is 11.1 Å². The monoisotopic (exact) mass is 270 g/mol. The fourth-order valence-corrected chi connectivity index (χ4v) is 2.47. The van der Waals surface area contributed by atoms with Crippen LogP contribution in [0.1, 0.15) is 52.9 Å². The summed E-state index contributed by atoms with van der Waals surface area (Å²) in [6, 6.07) is 0. The molecule has 3 N–H and O–H groups in total. The number of primary amides is 1. The molecule has 0 aliphatic heterocycles. The lowest BCUT2D eigenvalue weighted by molar-refractivity contribution is -0.119. The molecule has 0 aromatic rings. The summed E-state index contributed by atoms with van der Waals surface area (Å²) < 4.78 is 5.19. The Kier molecular flexibility index (Phi) is 5.63. The quantitative estimate of drug-likeness (QED) is 0.821. The highest BCUT2D eigenvalue weighted by atomic mass is 16.6. The maximum atomic E-state index is 11.5. The number of alkyl carbamates (subject to hydrolysis) is 1. The molecular weight excluding hydrogens is 244 g/mol. The van der Waals surface area contributed by atoms with Crippen LogP contribution in [0, 0.1) is 11.8 Å². The number of hydrogen-bond donors (Lipinski definition) is 2. The van der Waals surface area contributed by atoms with Crippen molar-refractivity contribution < 1.29 is 14.3 Å². The lowest BCUT2D eigenvalue weighted by Crippen LogP contribution is -2.36. The Morgan fingerprint density at radius 3 is 2.16 bits per heavy atom. The Hall–Kier alpha value is -1.26. The lowest BCUT2D eigenvalue weighted by Gasteiger charge is -2.28. The second-order valence-corrected chi connectivity index (χ2v) is 6.44. The van der Waals surface area contributed by atoms with Gasteiger partial charge in [-0.2, -0.15) is 0 Å². The van der Waals surface area contributed by atoms with Gasteiger partial charge >= 0.3 is 6.09 Å². The molecule has 1 aliphatic carbocycles. The van der Waals surface area contributed by atoms with Gasteiger partial charge in [0, 0.05) is 13.0 Å². The van der Waals surface area contributed by atoms with Crippen molar-refractivity contribution in [1.82, 2.24) is 5.32 Å². The van der Waals surface area contributed by atoms with E-state index >= 15 is 0 Å². The average molecular weight is 270 g/mol. The van der Waals surface area contributed by atoms with Gasteiger partial charge in [-0.25, -0.2) is 4.79 Å². The number of rotatable bonds is 4. The van der Waals surface area contributed by atoms with E-state index in [0.717, 1.165) is 25.7 Å². The number of ether oxygens (including phenoxy) is 1. The first kappa shape index (κ1) is 15.8. The lowest BCUT2D eigenvalue weighted by atomic mass is 9.80. The second-order valence-electron chi connectivity index (χ2n) is 6.44. The molecule has 0 spiro atoms. The molecule has 1 saturated carbocycles. The molecule has 0 radical (unpaired) electrons. The van der Waals surface area contributed by atoms with Gasteiger partial charge in [-0.15, -0.1) is 0 Å². The molecule has 110 valence electrons. The van der Waals surface area contributed by atoms with Gasteiger partial charge in [0.2, 0.25) is 5.91 Å². The molecule has 5 nitrogen and oxygen atoms in total. The van der Waals surface area contributed by atoms with Gasteiger partial charge in [-0.05, 0) is 58.3 Å². The molecule has 0 saturated heterocycles. The fourth-order valence-electron chi connectivity index (χ4n) is 2.47. The van der Waals surface area contributed by atoms with Gasteiger partial charge < -0.3 is 15.8 Å². The highest BCUT2D eigenvalue weighted by Gasteiger charge is 2.23. The van der Waals surface area contributed by atoms with E-state index in [1.54, 1.807) is 0 Å². The largest absolute Gasteiger partial charge is 0.444 e. The zero-order valence-corrected chi connectivity index (χ0v) is 12.2. The SMILES string of the molecule is CC(C)(C)OC(=O)NCC1CCC(CC(N)=O)CC1. The van der Waals surface area contributed by atoms with E-state index in [1.807, 2.05) is 20.8 Å². The normalized spacial score (nSPS) is 23.7. The van der Waals surface area contributed by atoms with E-state index in [2.05, 4.69) is 5.32 Å². The van der Waals surface area contributed by atoms with E-state index in [-0.39, 0.29) is 12.0 Å². The molecule has 1 aliphatic rings. The minimum absolute atomic E-state index is 0.213. The van der Waals surface area contributed by atoms with Crippen LogP contribution in [-0.2, 0) is 9.53 Å². The van der Waals surface area contributed by atoms with Crippen molar-refractivity contribution in [2.45, 2.75) is 58.5 Å². The molecule has 0 atom stereocenters. The third-order valence-corrected chi connectivity index (χ3v) is 3.39. The molecule has 0 unspecified atom stereocenters. The average Bonchev–Trinajstić information content (AvgIpc) is 2.25. The summed E-state index contributed by atoms with van der Waals surface area (Å²) in [5.74, 6) is 0.697. The van der Waals surface area contributed by atoms with Crippen molar-refractivity contribution in [3.8, 4) is 0 Å². The van der Waals surface area contributed by atoms with Gasteiger partial charge in [0.05, 0.1) is 0 Å².